The van der Waals surface area contributed by atoms with E-state index < -0.39 is 6.10 Å². The third-order valence-corrected chi connectivity index (χ3v) is 4.06. The van der Waals surface area contributed by atoms with Crippen LogP contribution in [-0.2, 0) is 0 Å². The molecule has 20 heavy (non-hydrogen) atoms. The van der Waals surface area contributed by atoms with Crippen molar-refractivity contribution in [1.82, 2.24) is 5.32 Å². The number of nitrogens with one attached hydrogen (secondary N) is 1. The topological polar surface area (TPSA) is 58.6 Å². The van der Waals surface area contributed by atoms with Gasteiger partial charge in [0, 0.05) is 11.4 Å². The number of hydrogen-bond acceptors (Lipinski definition) is 4. The van der Waals surface area contributed by atoms with E-state index in [0.29, 0.717) is 15.6 Å². The molecule has 0 bridgehead atoms. The summed E-state index contributed by atoms with van der Waals surface area (Å²) in [7, 11) is 1.51. The van der Waals surface area contributed by atoms with Crippen LogP contribution in [0.1, 0.15) is 21.3 Å². The highest BCUT2D eigenvalue weighted by Crippen LogP contribution is 2.26. The number of para-hydroxylation sites is 1. The maximum atomic E-state index is 12.0. The number of aliphatic hydroxyl groups is 1. The highest BCUT2D eigenvalue weighted by atomic mass is 35.5. The van der Waals surface area contributed by atoms with E-state index in [1.165, 1.54) is 18.4 Å². The Bertz CT molecular complexity index is 600. The van der Waals surface area contributed by atoms with Crippen LogP contribution in [0.3, 0.4) is 0 Å². The van der Waals surface area contributed by atoms with E-state index in [9.17, 15) is 9.90 Å². The van der Waals surface area contributed by atoms with Crippen molar-refractivity contribution in [3.63, 3.8) is 0 Å². The van der Waals surface area contributed by atoms with Crippen molar-refractivity contribution < 1.29 is 14.6 Å². The Kier molecular flexibility index (Phi) is 5.00. The van der Waals surface area contributed by atoms with Gasteiger partial charge in [-0.05, 0) is 24.3 Å². The molecule has 2 aromatic rings. The van der Waals surface area contributed by atoms with Crippen molar-refractivity contribution >= 4 is 28.8 Å². The lowest BCUT2D eigenvalue weighted by molar-refractivity contribution is 0.0915. The van der Waals surface area contributed by atoms with E-state index in [1.807, 2.05) is 0 Å². The van der Waals surface area contributed by atoms with E-state index in [0.717, 1.165) is 4.88 Å². The Labute approximate surface area is 126 Å². The van der Waals surface area contributed by atoms with Gasteiger partial charge in [-0.15, -0.1) is 11.3 Å². The lowest BCUT2D eigenvalue weighted by Crippen LogP contribution is -2.28. The molecule has 0 aliphatic rings. The summed E-state index contributed by atoms with van der Waals surface area (Å²) in [5, 5.41) is 12.6. The molecule has 106 valence electrons. The summed E-state index contributed by atoms with van der Waals surface area (Å²) < 4.78 is 5.73. The molecule has 0 radical (unpaired) electrons. The van der Waals surface area contributed by atoms with Crippen LogP contribution in [0.2, 0.25) is 4.34 Å². The third kappa shape index (κ3) is 3.50. The van der Waals surface area contributed by atoms with Crippen LogP contribution in [0.25, 0.3) is 0 Å². The molecule has 4 nitrogen and oxygen atoms in total. The van der Waals surface area contributed by atoms with Crippen LogP contribution in [-0.4, -0.2) is 24.7 Å². The van der Waals surface area contributed by atoms with Gasteiger partial charge in [0.2, 0.25) is 0 Å². The van der Waals surface area contributed by atoms with Gasteiger partial charge in [-0.2, -0.15) is 0 Å². The van der Waals surface area contributed by atoms with Gasteiger partial charge in [0.15, 0.2) is 0 Å². The van der Waals surface area contributed by atoms with E-state index in [4.69, 9.17) is 16.3 Å². The van der Waals surface area contributed by atoms with Crippen molar-refractivity contribution in [3.05, 3.63) is 51.2 Å². The number of hydrogen-bond donors (Lipinski definition) is 2. The van der Waals surface area contributed by atoms with E-state index >= 15 is 0 Å². The minimum Gasteiger partial charge on any atom is -0.496 e. The highest BCUT2D eigenvalue weighted by molar-refractivity contribution is 7.16. The zero-order chi connectivity index (χ0) is 14.5. The second-order valence-corrected chi connectivity index (χ2v) is 5.81. The van der Waals surface area contributed by atoms with Crippen LogP contribution in [0.15, 0.2) is 36.4 Å². The van der Waals surface area contributed by atoms with E-state index in [-0.39, 0.29) is 12.5 Å². The Hall–Kier alpha value is -1.56. The van der Waals surface area contributed by atoms with Crippen molar-refractivity contribution in [2.45, 2.75) is 6.10 Å². The fourth-order valence-electron chi connectivity index (χ4n) is 1.72. The predicted octanol–water partition coefficient (Wildman–Crippen LogP) is 2.87. The maximum absolute atomic E-state index is 12.0. The van der Waals surface area contributed by atoms with Gasteiger partial charge in [-0.25, -0.2) is 0 Å². The maximum Gasteiger partial charge on any atom is 0.255 e. The van der Waals surface area contributed by atoms with Gasteiger partial charge in [0.1, 0.15) is 11.9 Å². The number of rotatable bonds is 5. The quantitative estimate of drug-likeness (QED) is 0.892. The van der Waals surface area contributed by atoms with Crippen LogP contribution in [0.4, 0.5) is 0 Å². The number of carbonyl (C=O) groups excluding carboxylic acids is 1. The van der Waals surface area contributed by atoms with Crippen molar-refractivity contribution in [2.75, 3.05) is 13.7 Å². The van der Waals surface area contributed by atoms with E-state index in [1.54, 1.807) is 36.4 Å². The van der Waals surface area contributed by atoms with Gasteiger partial charge < -0.3 is 15.2 Å². The van der Waals surface area contributed by atoms with Crippen molar-refractivity contribution in [2.24, 2.45) is 0 Å². The van der Waals surface area contributed by atoms with Crippen LogP contribution >= 0.6 is 22.9 Å². The number of halogens is 1. The van der Waals surface area contributed by atoms with Crippen LogP contribution in [0, 0.1) is 0 Å². The molecule has 2 N–H and O–H groups in total. The lowest BCUT2D eigenvalue weighted by atomic mass is 10.2. The summed E-state index contributed by atoms with van der Waals surface area (Å²) in [5.74, 6) is 0.211. The van der Waals surface area contributed by atoms with Gasteiger partial charge in [-0.3, -0.25) is 4.79 Å². The first-order valence-corrected chi connectivity index (χ1v) is 7.15. The molecular weight excluding hydrogens is 298 g/mol. The second-order valence-electron chi connectivity index (χ2n) is 4.07. The first-order chi connectivity index (χ1) is 9.61. The van der Waals surface area contributed by atoms with Crippen molar-refractivity contribution in [1.29, 1.82) is 0 Å². The summed E-state index contributed by atoms with van der Waals surface area (Å²) in [6.07, 6.45) is -0.772. The molecule has 2 rings (SSSR count). The zero-order valence-corrected chi connectivity index (χ0v) is 12.4. The average Bonchev–Trinajstić information content (AvgIpc) is 2.91. The molecule has 1 aromatic carbocycles. The molecule has 0 saturated carbocycles. The molecule has 0 spiro atoms. The lowest BCUT2D eigenvalue weighted by Gasteiger charge is -2.12. The molecular formula is C14H14ClNO3S. The Morgan fingerprint density at radius 3 is 2.80 bits per heavy atom. The largest absolute Gasteiger partial charge is 0.496 e. The normalized spacial score (nSPS) is 11.9. The minimum atomic E-state index is -0.772. The molecule has 1 unspecified atom stereocenters. The first-order valence-electron chi connectivity index (χ1n) is 5.96. The van der Waals surface area contributed by atoms with Crippen molar-refractivity contribution in [3.8, 4) is 5.75 Å². The molecule has 1 amide bonds. The second kappa shape index (κ2) is 6.74. The predicted molar refractivity (Wildman–Crippen MR) is 79.6 cm³/mol. The number of benzene rings is 1. The monoisotopic (exact) mass is 311 g/mol. The Morgan fingerprint density at radius 2 is 2.15 bits per heavy atom. The number of amides is 1. The smallest absolute Gasteiger partial charge is 0.255 e. The fraction of sp³-hybridized carbons (Fsp3) is 0.214. The summed E-state index contributed by atoms with van der Waals surface area (Å²) in [6.45, 7) is 0.119. The number of carbonyl (C=O) groups is 1. The van der Waals surface area contributed by atoms with Gasteiger partial charge in [0.25, 0.3) is 5.91 Å². The molecule has 0 saturated heterocycles. The summed E-state index contributed by atoms with van der Waals surface area (Å²) in [4.78, 5) is 12.8. The highest BCUT2D eigenvalue weighted by Gasteiger charge is 2.15. The third-order valence-electron chi connectivity index (χ3n) is 2.73. The fourth-order valence-corrected chi connectivity index (χ4v) is 2.77. The number of thiophene rings is 1. The molecule has 0 aliphatic heterocycles. The summed E-state index contributed by atoms with van der Waals surface area (Å²) in [5.41, 5.74) is 0.436. The van der Waals surface area contributed by atoms with Gasteiger partial charge in [-0.1, -0.05) is 23.7 Å². The number of aliphatic hydroxyl groups excluding tert-OH is 1. The first kappa shape index (κ1) is 14.8. The number of ether oxygens (including phenoxy) is 1. The van der Waals surface area contributed by atoms with E-state index in [2.05, 4.69) is 5.32 Å². The van der Waals surface area contributed by atoms with Crippen LogP contribution < -0.4 is 10.1 Å². The Morgan fingerprint density at radius 1 is 1.40 bits per heavy atom. The molecule has 0 aliphatic carbocycles. The molecule has 1 aromatic heterocycles. The summed E-state index contributed by atoms with van der Waals surface area (Å²) >= 11 is 7.10. The van der Waals surface area contributed by atoms with Crippen LogP contribution in [0.5, 0.6) is 5.75 Å². The number of methoxy groups -OCH3 is 1. The standard InChI is InChI=1S/C14H14ClNO3S/c1-19-11-5-3-2-4-9(11)14(18)16-8-10(17)12-6-7-13(15)20-12/h2-7,10,17H,8H2,1H3,(H,16,18). The molecule has 1 heterocycles. The van der Waals surface area contributed by atoms with Gasteiger partial charge in [0.05, 0.1) is 17.0 Å². The molecule has 0 fully saturated rings. The minimum absolute atomic E-state index is 0.119. The molecule has 6 heteroatoms. The average molecular weight is 312 g/mol. The summed E-state index contributed by atoms with van der Waals surface area (Å²) in [6, 6.07) is 10.4. The zero-order valence-electron chi connectivity index (χ0n) is 10.8. The molecule has 1 atom stereocenters. The SMILES string of the molecule is COc1ccccc1C(=O)NCC(O)c1ccc(Cl)s1. The van der Waals surface area contributed by atoms with Gasteiger partial charge >= 0.3 is 0 Å². The Balaban J connectivity index is 1.98.